The van der Waals surface area contributed by atoms with Crippen LogP contribution in [0.25, 0.3) is 10.2 Å². The zero-order valence-electron chi connectivity index (χ0n) is 14.2. The molecule has 1 N–H and O–H groups in total. The molecule has 2 heterocycles. The van der Waals surface area contributed by atoms with E-state index in [2.05, 4.69) is 16.4 Å². The summed E-state index contributed by atoms with van der Waals surface area (Å²) in [6, 6.07) is 0. The third-order valence-electron chi connectivity index (χ3n) is 4.58. The molecule has 1 aliphatic carbocycles. The van der Waals surface area contributed by atoms with E-state index in [1.165, 1.54) is 29.8 Å². The van der Waals surface area contributed by atoms with Crippen LogP contribution in [-0.2, 0) is 6.54 Å². The molecule has 0 aliphatic heterocycles. The molecule has 1 aliphatic rings. The Labute approximate surface area is 145 Å². The molecule has 0 spiro atoms. The number of carbonyl (C=O) groups excluding carboxylic acids is 1. The highest BCUT2D eigenvalue weighted by atomic mass is 32.1. The largest absolute Gasteiger partial charge is 0.351 e. The molecule has 24 heavy (non-hydrogen) atoms. The van der Waals surface area contributed by atoms with Gasteiger partial charge in [0.1, 0.15) is 4.83 Å². The average Bonchev–Trinajstić information content (AvgIpc) is 2.94. The van der Waals surface area contributed by atoms with Crippen LogP contribution in [0.5, 0.6) is 0 Å². The summed E-state index contributed by atoms with van der Waals surface area (Å²) in [6.45, 7) is 4.96. The molecule has 128 valence electrons. The number of amides is 1. The maximum atomic E-state index is 12.5. The lowest BCUT2D eigenvalue weighted by Crippen LogP contribution is -2.25. The van der Waals surface area contributed by atoms with E-state index in [9.17, 15) is 9.59 Å². The number of hydrogen-bond donors (Lipinski definition) is 1. The number of rotatable bonds is 5. The van der Waals surface area contributed by atoms with Crippen LogP contribution < -0.4 is 10.9 Å². The number of fused-ring (bicyclic) bond motifs is 1. The molecule has 0 saturated heterocycles. The third-order valence-corrected chi connectivity index (χ3v) is 5.78. The van der Waals surface area contributed by atoms with Gasteiger partial charge >= 0.3 is 0 Å². The lowest BCUT2D eigenvalue weighted by Gasteiger charge is -2.12. The zero-order valence-corrected chi connectivity index (χ0v) is 15.0. The molecule has 0 radical (unpaired) electrons. The number of carbonyl (C=O) groups is 1. The number of hydrogen-bond acceptors (Lipinski definition) is 4. The average molecular weight is 345 g/mol. The van der Waals surface area contributed by atoms with E-state index in [1.807, 2.05) is 13.8 Å². The van der Waals surface area contributed by atoms with Gasteiger partial charge in [0.25, 0.3) is 11.5 Å². The van der Waals surface area contributed by atoms with E-state index in [-0.39, 0.29) is 11.5 Å². The fourth-order valence-corrected chi connectivity index (χ4v) is 4.21. The van der Waals surface area contributed by atoms with Crippen LogP contribution in [0, 0.1) is 6.92 Å². The van der Waals surface area contributed by atoms with Gasteiger partial charge < -0.3 is 5.32 Å². The van der Waals surface area contributed by atoms with Gasteiger partial charge in [0.15, 0.2) is 0 Å². The summed E-state index contributed by atoms with van der Waals surface area (Å²) < 4.78 is 1.57. The maximum Gasteiger partial charge on any atom is 0.262 e. The van der Waals surface area contributed by atoms with Crippen LogP contribution >= 0.6 is 11.3 Å². The third kappa shape index (κ3) is 3.29. The van der Waals surface area contributed by atoms with Crippen molar-refractivity contribution in [1.29, 1.82) is 0 Å². The smallest absolute Gasteiger partial charge is 0.262 e. The van der Waals surface area contributed by atoms with Crippen LogP contribution in [0.3, 0.4) is 0 Å². The summed E-state index contributed by atoms with van der Waals surface area (Å²) in [5.74, 6) is -0.102. The fraction of sp³-hybridized carbons (Fsp3) is 0.500. The highest BCUT2D eigenvalue weighted by molar-refractivity contribution is 7.20. The molecule has 2 aromatic rings. The first-order chi connectivity index (χ1) is 11.6. The van der Waals surface area contributed by atoms with Gasteiger partial charge in [-0.2, -0.15) is 0 Å². The number of nitrogens with one attached hydrogen (secondary N) is 1. The Morgan fingerprint density at radius 3 is 2.96 bits per heavy atom. The van der Waals surface area contributed by atoms with Gasteiger partial charge in [0.05, 0.1) is 16.6 Å². The summed E-state index contributed by atoms with van der Waals surface area (Å²) in [6.07, 6.45) is 9.61. The summed E-state index contributed by atoms with van der Waals surface area (Å²) in [5, 5.41) is 3.56. The number of nitrogens with zero attached hydrogens (tertiary/aromatic N) is 2. The molecule has 0 bridgehead atoms. The SMILES string of the molecule is CCn1cnc2sc(C(=O)NCCC3=CCCCC3)c(C)c2c1=O. The van der Waals surface area contributed by atoms with E-state index in [4.69, 9.17) is 0 Å². The molecule has 3 rings (SSSR count). The number of aromatic nitrogens is 2. The number of aryl methyl sites for hydroxylation is 2. The topological polar surface area (TPSA) is 64.0 Å². The summed E-state index contributed by atoms with van der Waals surface area (Å²) in [4.78, 5) is 30.5. The van der Waals surface area contributed by atoms with Crippen molar-refractivity contribution in [3.8, 4) is 0 Å². The molecule has 5 nitrogen and oxygen atoms in total. The van der Waals surface area contributed by atoms with E-state index in [1.54, 1.807) is 10.9 Å². The Morgan fingerprint density at radius 2 is 2.25 bits per heavy atom. The Hall–Kier alpha value is -1.95. The van der Waals surface area contributed by atoms with Crippen LogP contribution in [0.15, 0.2) is 22.8 Å². The summed E-state index contributed by atoms with van der Waals surface area (Å²) in [7, 11) is 0. The number of allylic oxidation sites excluding steroid dienone is 1. The van der Waals surface area contributed by atoms with Gasteiger partial charge in [-0.1, -0.05) is 11.6 Å². The Balaban J connectivity index is 1.75. The first-order valence-corrected chi connectivity index (χ1v) is 9.38. The van der Waals surface area contributed by atoms with E-state index in [0.717, 1.165) is 24.8 Å². The molecule has 0 fully saturated rings. The van der Waals surface area contributed by atoms with E-state index >= 15 is 0 Å². The second kappa shape index (κ2) is 7.30. The zero-order chi connectivity index (χ0) is 17.1. The van der Waals surface area contributed by atoms with E-state index in [0.29, 0.717) is 28.2 Å². The minimum Gasteiger partial charge on any atom is -0.351 e. The van der Waals surface area contributed by atoms with Crippen molar-refractivity contribution in [2.75, 3.05) is 6.54 Å². The fourth-order valence-electron chi connectivity index (χ4n) is 3.15. The minimum atomic E-state index is -0.102. The molecular weight excluding hydrogens is 322 g/mol. The van der Waals surface area contributed by atoms with Crippen molar-refractivity contribution < 1.29 is 4.79 Å². The molecular formula is C18H23N3O2S. The van der Waals surface area contributed by atoms with Crippen LogP contribution in [0.4, 0.5) is 0 Å². The van der Waals surface area contributed by atoms with Crippen molar-refractivity contribution in [3.05, 3.63) is 38.8 Å². The quantitative estimate of drug-likeness (QED) is 0.845. The van der Waals surface area contributed by atoms with Gasteiger partial charge in [-0.15, -0.1) is 11.3 Å². The van der Waals surface area contributed by atoms with Crippen LogP contribution in [0.1, 0.15) is 54.3 Å². The molecule has 6 heteroatoms. The summed E-state index contributed by atoms with van der Waals surface area (Å²) in [5.41, 5.74) is 2.12. The molecule has 0 aromatic carbocycles. The molecule has 1 amide bonds. The van der Waals surface area contributed by atoms with E-state index < -0.39 is 0 Å². The van der Waals surface area contributed by atoms with Crippen molar-refractivity contribution in [1.82, 2.24) is 14.9 Å². The lowest BCUT2D eigenvalue weighted by atomic mass is 9.97. The predicted octanol–water partition coefficient (Wildman–Crippen LogP) is 3.41. The minimum absolute atomic E-state index is 0.0670. The van der Waals surface area contributed by atoms with Crippen molar-refractivity contribution in [2.45, 2.75) is 52.5 Å². The first kappa shape index (κ1) is 16.9. The predicted molar refractivity (Wildman–Crippen MR) is 97.8 cm³/mol. The second-order valence-electron chi connectivity index (χ2n) is 6.19. The van der Waals surface area contributed by atoms with Crippen LogP contribution in [0.2, 0.25) is 0 Å². The molecule has 0 saturated carbocycles. The van der Waals surface area contributed by atoms with Crippen molar-refractivity contribution >= 4 is 27.5 Å². The second-order valence-corrected chi connectivity index (χ2v) is 7.19. The van der Waals surface area contributed by atoms with Gasteiger partial charge in [-0.3, -0.25) is 14.2 Å². The van der Waals surface area contributed by atoms with Crippen LogP contribution in [-0.4, -0.2) is 22.0 Å². The highest BCUT2D eigenvalue weighted by Crippen LogP contribution is 2.26. The molecule has 2 aromatic heterocycles. The lowest BCUT2D eigenvalue weighted by molar-refractivity contribution is 0.0957. The van der Waals surface area contributed by atoms with Gasteiger partial charge in [0, 0.05) is 13.1 Å². The van der Waals surface area contributed by atoms with Gasteiger partial charge in [0.2, 0.25) is 0 Å². The van der Waals surface area contributed by atoms with Gasteiger partial charge in [-0.25, -0.2) is 4.98 Å². The highest BCUT2D eigenvalue weighted by Gasteiger charge is 2.19. The monoisotopic (exact) mass is 345 g/mol. The normalized spacial score (nSPS) is 14.7. The van der Waals surface area contributed by atoms with Crippen molar-refractivity contribution in [2.24, 2.45) is 0 Å². The first-order valence-electron chi connectivity index (χ1n) is 8.56. The molecule has 0 unspecified atom stereocenters. The standard InChI is InChI=1S/C18H23N3O2S/c1-3-21-11-20-17-14(18(21)23)12(2)15(24-17)16(22)19-10-9-13-7-5-4-6-8-13/h7,11H,3-6,8-10H2,1-2H3,(H,19,22). The maximum absolute atomic E-state index is 12.5. The van der Waals surface area contributed by atoms with Gasteiger partial charge in [-0.05, 0) is 51.5 Å². The Morgan fingerprint density at radius 1 is 1.42 bits per heavy atom. The van der Waals surface area contributed by atoms with Crippen molar-refractivity contribution in [3.63, 3.8) is 0 Å². The number of thiophene rings is 1. The summed E-state index contributed by atoms with van der Waals surface area (Å²) >= 11 is 1.30. The Bertz CT molecular complexity index is 848. The Kier molecular flexibility index (Phi) is 5.14. The molecule has 0 atom stereocenters.